The van der Waals surface area contributed by atoms with E-state index in [1.165, 1.54) is 11.3 Å². The van der Waals surface area contributed by atoms with E-state index in [9.17, 15) is 0 Å². The van der Waals surface area contributed by atoms with Gasteiger partial charge < -0.3 is 28.3 Å². The number of rotatable bonds is 7. The molecule has 0 aliphatic carbocycles. The standard InChI is InChI=1S/C19H22N2O5S/c1-21-10-20-15(16(21)19-18(26-6)14(24-4)9-27-19)11-7-12(22-2)17(25-5)13(8-11)23-3/h7-10H,1-6H3. The first-order valence-electron chi connectivity index (χ1n) is 8.11. The summed E-state index contributed by atoms with van der Waals surface area (Å²) in [4.78, 5) is 5.53. The molecule has 0 saturated carbocycles. The van der Waals surface area contributed by atoms with Gasteiger partial charge in [-0.05, 0) is 12.1 Å². The van der Waals surface area contributed by atoms with Crippen molar-refractivity contribution >= 4 is 11.3 Å². The summed E-state index contributed by atoms with van der Waals surface area (Å²) in [7, 11) is 9.95. The lowest BCUT2D eigenvalue weighted by Crippen LogP contribution is -1.97. The molecule has 0 spiro atoms. The summed E-state index contributed by atoms with van der Waals surface area (Å²) < 4.78 is 29.3. The molecule has 0 aliphatic rings. The van der Waals surface area contributed by atoms with E-state index in [4.69, 9.17) is 23.7 Å². The molecule has 2 heterocycles. The molecule has 3 aromatic rings. The summed E-state index contributed by atoms with van der Waals surface area (Å²) in [6.07, 6.45) is 1.76. The number of hydrogen-bond donors (Lipinski definition) is 0. The number of benzene rings is 1. The molecule has 27 heavy (non-hydrogen) atoms. The highest BCUT2D eigenvalue weighted by Gasteiger charge is 2.24. The smallest absolute Gasteiger partial charge is 0.203 e. The van der Waals surface area contributed by atoms with Gasteiger partial charge in [-0.3, -0.25) is 0 Å². The quantitative estimate of drug-likeness (QED) is 0.610. The van der Waals surface area contributed by atoms with Gasteiger partial charge in [0.25, 0.3) is 0 Å². The van der Waals surface area contributed by atoms with E-state index in [1.807, 2.05) is 29.1 Å². The highest BCUT2D eigenvalue weighted by atomic mass is 32.1. The van der Waals surface area contributed by atoms with Gasteiger partial charge in [0.1, 0.15) is 0 Å². The number of methoxy groups -OCH3 is 5. The Hall–Kier alpha value is -2.87. The Balaban J connectivity index is 2.23. The number of thiophene rings is 1. The molecule has 0 fully saturated rings. The van der Waals surface area contributed by atoms with E-state index in [1.54, 1.807) is 41.9 Å². The number of aromatic nitrogens is 2. The molecule has 0 bridgehead atoms. The molecule has 0 atom stereocenters. The van der Waals surface area contributed by atoms with Crippen LogP contribution in [0.2, 0.25) is 0 Å². The topological polar surface area (TPSA) is 64.0 Å². The Kier molecular flexibility index (Phi) is 5.46. The van der Waals surface area contributed by atoms with Crippen LogP contribution in [0.3, 0.4) is 0 Å². The third kappa shape index (κ3) is 3.16. The Morgan fingerprint density at radius 2 is 1.41 bits per heavy atom. The normalized spacial score (nSPS) is 10.6. The Morgan fingerprint density at radius 1 is 0.815 bits per heavy atom. The maximum Gasteiger partial charge on any atom is 0.203 e. The molecule has 0 radical (unpaired) electrons. The number of ether oxygens (including phenoxy) is 5. The van der Waals surface area contributed by atoms with Gasteiger partial charge in [-0.1, -0.05) is 0 Å². The SMILES string of the molecule is COc1cc(-c2ncn(C)c2-c2scc(OC)c2OC)cc(OC)c1OC. The molecule has 2 aromatic heterocycles. The summed E-state index contributed by atoms with van der Waals surface area (Å²) in [5, 5.41) is 1.92. The molecule has 1 aromatic carbocycles. The fourth-order valence-corrected chi connectivity index (χ4v) is 4.03. The van der Waals surface area contributed by atoms with Gasteiger partial charge in [-0.15, -0.1) is 11.3 Å². The van der Waals surface area contributed by atoms with Crippen molar-refractivity contribution in [3.8, 4) is 50.6 Å². The molecule has 3 rings (SSSR count). The number of nitrogens with zero attached hydrogens (tertiary/aromatic N) is 2. The zero-order valence-electron chi connectivity index (χ0n) is 16.2. The minimum atomic E-state index is 0.539. The van der Waals surface area contributed by atoms with Crippen LogP contribution in [0.4, 0.5) is 0 Å². The molecule has 0 amide bonds. The molecule has 7 nitrogen and oxygen atoms in total. The average molecular weight is 390 g/mol. The molecule has 0 unspecified atom stereocenters. The molecule has 8 heteroatoms. The van der Waals surface area contributed by atoms with E-state index in [2.05, 4.69) is 4.98 Å². The van der Waals surface area contributed by atoms with E-state index in [0.717, 1.165) is 21.8 Å². The molecule has 0 saturated heterocycles. The summed E-state index contributed by atoms with van der Waals surface area (Å²) in [6.45, 7) is 0. The summed E-state index contributed by atoms with van der Waals surface area (Å²) in [6, 6.07) is 3.76. The van der Waals surface area contributed by atoms with Gasteiger partial charge in [-0.25, -0.2) is 4.98 Å². The van der Waals surface area contributed by atoms with Crippen molar-refractivity contribution in [2.75, 3.05) is 35.5 Å². The lowest BCUT2D eigenvalue weighted by atomic mass is 10.1. The fraction of sp³-hybridized carbons (Fsp3) is 0.316. The van der Waals surface area contributed by atoms with Crippen molar-refractivity contribution in [1.29, 1.82) is 0 Å². The molecule has 0 aliphatic heterocycles. The number of hydrogen-bond acceptors (Lipinski definition) is 7. The second-order valence-electron chi connectivity index (χ2n) is 5.63. The Bertz CT molecular complexity index is 923. The zero-order chi connectivity index (χ0) is 19.6. The second kappa shape index (κ2) is 7.79. The van der Waals surface area contributed by atoms with Gasteiger partial charge in [-0.2, -0.15) is 0 Å². The predicted octanol–water partition coefficient (Wildman–Crippen LogP) is 3.86. The fourth-order valence-electron chi connectivity index (χ4n) is 2.96. The Morgan fingerprint density at radius 3 is 1.93 bits per heavy atom. The van der Waals surface area contributed by atoms with Crippen molar-refractivity contribution in [2.45, 2.75) is 0 Å². The van der Waals surface area contributed by atoms with Crippen LogP contribution in [0.1, 0.15) is 0 Å². The summed E-state index contributed by atoms with van der Waals surface area (Å²) in [5.74, 6) is 3.05. The molecule has 0 N–H and O–H groups in total. The first-order chi connectivity index (χ1) is 13.1. The van der Waals surface area contributed by atoms with Gasteiger partial charge >= 0.3 is 0 Å². The monoisotopic (exact) mass is 390 g/mol. The van der Waals surface area contributed by atoms with Gasteiger partial charge in [0.15, 0.2) is 23.0 Å². The molecular formula is C19H22N2O5S. The number of aryl methyl sites for hydroxylation is 1. The molecule has 144 valence electrons. The van der Waals surface area contributed by atoms with Crippen molar-refractivity contribution in [3.63, 3.8) is 0 Å². The highest BCUT2D eigenvalue weighted by molar-refractivity contribution is 7.14. The lowest BCUT2D eigenvalue weighted by Gasteiger charge is -2.14. The van der Waals surface area contributed by atoms with E-state index >= 15 is 0 Å². The van der Waals surface area contributed by atoms with E-state index < -0.39 is 0 Å². The van der Waals surface area contributed by atoms with Crippen LogP contribution < -0.4 is 23.7 Å². The second-order valence-corrected chi connectivity index (χ2v) is 6.51. The molecular weight excluding hydrogens is 368 g/mol. The zero-order valence-corrected chi connectivity index (χ0v) is 17.0. The highest BCUT2D eigenvalue weighted by Crippen LogP contribution is 2.48. The van der Waals surface area contributed by atoms with Crippen LogP contribution in [-0.2, 0) is 7.05 Å². The van der Waals surface area contributed by atoms with Crippen LogP contribution >= 0.6 is 11.3 Å². The van der Waals surface area contributed by atoms with Gasteiger partial charge in [0.05, 0.1) is 58.1 Å². The minimum absolute atomic E-state index is 0.539. The van der Waals surface area contributed by atoms with E-state index in [0.29, 0.717) is 28.7 Å². The van der Waals surface area contributed by atoms with Crippen LogP contribution in [0.5, 0.6) is 28.7 Å². The van der Waals surface area contributed by atoms with Crippen molar-refractivity contribution < 1.29 is 23.7 Å². The van der Waals surface area contributed by atoms with Crippen molar-refractivity contribution in [2.24, 2.45) is 7.05 Å². The largest absolute Gasteiger partial charge is 0.493 e. The van der Waals surface area contributed by atoms with Gasteiger partial charge in [0.2, 0.25) is 5.75 Å². The van der Waals surface area contributed by atoms with Crippen molar-refractivity contribution in [3.05, 3.63) is 23.8 Å². The predicted molar refractivity (Wildman–Crippen MR) is 105 cm³/mol. The maximum absolute atomic E-state index is 5.58. The van der Waals surface area contributed by atoms with Crippen LogP contribution in [-0.4, -0.2) is 45.1 Å². The van der Waals surface area contributed by atoms with Crippen molar-refractivity contribution in [1.82, 2.24) is 9.55 Å². The third-order valence-corrected chi connectivity index (χ3v) is 5.17. The van der Waals surface area contributed by atoms with Crippen LogP contribution in [0.25, 0.3) is 21.8 Å². The first-order valence-corrected chi connectivity index (χ1v) is 8.99. The van der Waals surface area contributed by atoms with Gasteiger partial charge in [0, 0.05) is 18.0 Å². The third-order valence-electron chi connectivity index (χ3n) is 4.23. The lowest BCUT2D eigenvalue weighted by molar-refractivity contribution is 0.324. The Labute approximate surface area is 162 Å². The van der Waals surface area contributed by atoms with Crippen LogP contribution in [0, 0.1) is 0 Å². The maximum atomic E-state index is 5.58. The number of imidazole rings is 1. The first kappa shape index (κ1) is 18.9. The van der Waals surface area contributed by atoms with Crippen LogP contribution in [0.15, 0.2) is 23.8 Å². The summed E-state index contributed by atoms with van der Waals surface area (Å²) in [5.41, 5.74) is 2.53. The average Bonchev–Trinajstić information content (AvgIpc) is 3.28. The minimum Gasteiger partial charge on any atom is -0.493 e. The van der Waals surface area contributed by atoms with E-state index in [-0.39, 0.29) is 0 Å². The summed E-state index contributed by atoms with van der Waals surface area (Å²) >= 11 is 1.54.